The third-order valence-corrected chi connectivity index (χ3v) is 7.29. The number of imide groups is 1. The van der Waals surface area contributed by atoms with Gasteiger partial charge >= 0.3 is 0 Å². The summed E-state index contributed by atoms with van der Waals surface area (Å²) in [6.45, 7) is 0.438. The van der Waals surface area contributed by atoms with Crippen LogP contribution in [0.5, 0.6) is 5.75 Å². The second-order valence-corrected chi connectivity index (χ2v) is 9.39. The summed E-state index contributed by atoms with van der Waals surface area (Å²) in [7, 11) is 0. The van der Waals surface area contributed by atoms with Crippen molar-refractivity contribution in [3.05, 3.63) is 101 Å². The van der Waals surface area contributed by atoms with Crippen LogP contribution in [0.4, 0.5) is 22.7 Å². The molecule has 6 rings (SSSR count). The van der Waals surface area contributed by atoms with Gasteiger partial charge in [-0.15, -0.1) is 0 Å². The number of nitro groups is 1. The van der Waals surface area contributed by atoms with Crippen LogP contribution < -0.4 is 15.0 Å². The minimum Gasteiger partial charge on any atom is -0.489 e. The molecular formula is C28H23N3O5. The van der Waals surface area contributed by atoms with E-state index in [1.165, 1.54) is 12.1 Å². The summed E-state index contributed by atoms with van der Waals surface area (Å²) in [4.78, 5) is 38.7. The molecule has 180 valence electrons. The monoisotopic (exact) mass is 481 g/mol. The van der Waals surface area contributed by atoms with Crippen LogP contribution in [0.2, 0.25) is 0 Å². The van der Waals surface area contributed by atoms with Gasteiger partial charge in [0, 0.05) is 11.8 Å². The third-order valence-electron chi connectivity index (χ3n) is 7.29. The number of allylic oxidation sites excluding steroid dienone is 2. The van der Waals surface area contributed by atoms with Gasteiger partial charge < -0.3 is 10.1 Å². The number of hydrogen-bond acceptors (Lipinski definition) is 6. The molecule has 8 heteroatoms. The molecule has 8 nitrogen and oxygen atoms in total. The lowest BCUT2D eigenvalue weighted by atomic mass is 9.85. The molecule has 0 radical (unpaired) electrons. The fourth-order valence-electron chi connectivity index (χ4n) is 5.60. The molecule has 1 N–H and O–H groups in total. The van der Waals surface area contributed by atoms with Gasteiger partial charge in [-0.25, -0.2) is 4.90 Å². The Balaban J connectivity index is 1.19. The lowest BCUT2D eigenvalue weighted by molar-refractivity contribution is -0.383. The predicted molar refractivity (Wildman–Crippen MR) is 134 cm³/mol. The van der Waals surface area contributed by atoms with Gasteiger partial charge in [-0.1, -0.05) is 42.5 Å². The van der Waals surface area contributed by atoms with Crippen molar-refractivity contribution in [3.63, 3.8) is 0 Å². The number of nitro benzene ring substituents is 1. The van der Waals surface area contributed by atoms with Crippen molar-refractivity contribution in [2.24, 2.45) is 23.7 Å². The van der Waals surface area contributed by atoms with Crippen LogP contribution in [0, 0.1) is 33.8 Å². The molecule has 3 aromatic carbocycles. The summed E-state index contributed by atoms with van der Waals surface area (Å²) in [5.41, 5.74) is 1.99. The Kier molecular flexibility index (Phi) is 5.29. The normalized spacial score (nSPS) is 23.7. The Morgan fingerprint density at radius 2 is 1.58 bits per heavy atom. The Hall–Kier alpha value is -4.46. The molecule has 2 bridgehead atoms. The highest BCUT2D eigenvalue weighted by Crippen LogP contribution is 2.53. The minimum absolute atomic E-state index is 0.0806. The molecule has 1 heterocycles. The van der Waals surface area contributed by atoms with E-state index in [0.29, 0.717) is 18.0 Å². The average Bonchev–Trinajstić information content (AvgIpc) is 3.58. The summed E-state index contributed by atoms with van der Waals surface area (Å²) < 4.78 is 5.79. The van der Waals surface area contributed by atoms with E-state index in [1.807, 2.05) is 42.5 Å². The number of anilines is 3. The quantitative estimate of drug-likeness (QED) is 0.215. The number of fused-ring (bicyclic) bond motifs is 5. The van der Waals surface area contributed by atoms with Gasteiger partial charge in [0.2, 0.25) is 11.8 Å². The Morgan fingerprint density at radius 3 is 2.22 bits per heavy atom. The largest absolute Gasteiger partial charge is 0.489 e. The Morgan fingerprint density at radius 1 is 0.917 bits per heavy atom. The molecule has 3 aliphatic rings. The summed E-state index contributed by atoms with van der Waals surface area (Å²) >= 11 is 0. The predicted octanol–water partition coefficient (Wildman–Crippen LogP) is 5.23. The zero-order valence-corrected chi connectivity index (χ0v) is 19.2. The molecule has 36 heavy (non-hydrogen) atoms. The molecule has 0 spiro atoms. The maximum absolute atomic E-state index is 13.1. The summed E-state index contributed by atoms with van der Waals surface area (Å²) in [6.07, 6.45) is 4.88. The van der Waals surface area contributed by atoms with Crippen LogP contribution in [0.15, 0.2) is 84.9 Å². The number of nitrogens with zero attached hydrogens (tertiary/aromatic N) is 2. The lowest BCUT2D eigenvalue weighted by Crippen LogP contribution is -2.32. The summed E-state index contributed by atoms with van der Waals surface area (Å²) in [6, 6.07) is 21.3. The molecule has 0 unspecified atom stereocenters. The molecule has 2 amide bonds. The van der Waals surface area contributed by atoms with Crippen molar-refractivity contribution in [1.82, 2.24) is 0 Å². The molecule has 2 aliphatic carbocycles. The summed E-state index contributed by atoms with van der Waals surface area (Å²) in [5, 5.41) is 14.9. The Bertz CT molecular complexity index is 1360. The SMILES string of the molecule is O=C1[C@@H]2[C@@H](C(=O)N1c1ccc(Nc3ccc(OCc4ccccc4)cc3)c([N+](=O)[O-])c1)[C@H]1C=C[C@H]2C1. The smallest absolute Gasteiger partial charge is 0.294 e. The van der Waals surface area contributed by atoms with Crippen LogP contribution >= 0.6 is 0 Å². The highest BCUT2D eigenvalue weighted by molar-refractivity contribution is 6.23. The van der Waals surface area contributed by atoms with Crippen molar-refractivity contribution in [1.29, 1.82) is 0 Å². The molecule has 3 aromatic rings. The van der Waals surface area contributed by atoms with Crippen LogP contribution in [0.3, 0.4) is 0 Å². The van der Waals surface area contributed by atoms with Gasteiger partial charge in [0.05, 0.1) is 22.4 Å². The zero-order valence-electron chi connectivity index (χ0n) is 19.2. The average molecular weight is 482 g/mol. The van der Waals surface area contributed by atoms with E-state index in [4.69, 9.17) is 4.74 Å². The van der Waals surface area contributed by atoms with Crippen LogP contribution in [0.25, 0.3) is 0 Å². The number of benzene rings is 3. The van der Waals surface area contributed by atoms with Crippen LogP contribution in [-0.4, -0.2) is 16.7 Å². The third kappa shape index (κ3) is 3.71. The number of rotatable bonds is 7. The van der Waals surface area contributed by atoms with E-state index in [9.17, 15) is 19.7 Å². The lowest BCUT2D eigenvalue weighted by Gasteiger charge is -2.18. The molecular weight excluding hydrogens is 458 g/mol. The number of ether oxygens (including phenoxy) is 1. The zero-order chi connectivity index (χ0) is 24.8. The maximum Gasteiger partial charge on any atom is 0.294 e. The van der Waals surface area contributed by atoms with Gasteiger partial charge in [0.25, 0.3) is 5.69 Å². The highest BCUT2D eigenvalue weighted by atomic mass is 16.6. The van der Waals surface area contributed by atoms with Crippen molar-refractivity contribution in [2.45, 2.75) is 13.0 Å². The number of hydrogen-bond donors (Lipinski definition) is 1. The first-order valence-corrected chi connectivity index (χ1v) is 11.9. The van der Waals surface area contributed by atoms with E-state index in [-0.39, 0.29) is 52.5 Å². The Labute approximate surface area is 207 Å². The van der Waals surface area contributed by atoms with Gasteiger partial charge in [-0.3, -0.25) is 19.7 Å². The van der Waals surface area contributed by atoms with E-state index in [2.05, 4.69) is 5.32 Å². The van der Waals surface area contributed by atoms with Gasteiger partial charge in [0.15, 0.2) is 0 Å². The number of nitrogens with one attached hydrogen (secondary N) is 1. The van der Waals surface area contributed by atoms with Crippen molar-refractivity contribution < 1.29 is 19.2 Å². The first-order valence-electron chi connectivity index (χ1n) is 11.9. The van der Waals surface area contributed by atoms with Gasteiger partial charge in [-0.2, -0.15) is 0 Å². The molecule has 1 aliphatic heterocycles. The molecule has 2 fully saturated rings. The van der Waals surface area contributed by atoms with Crippen molar-refractivity contribution >= 4 is 34.6 Å². The highest BCUT2D eigenvalue weighted by Gasteiger charge is 2.59. The standard InChI is InChI=1S/C28H23N3O5/c32-27-25-18-6-7-19(14-18)26(25)28(33)30(27)21-10-13-23(24(15-21)31(34)35)29-20-8-11-22(12-9-20)36-16-17-4-2-1-3-5-17/h1-13,15,18-19,25-26,29H,14,16H2/t18-,19-,25-,26-/m0/s1. The molecule has 1 saturated carbocycles. The van der Waals surface area contributed by atoms with Crippen LogP contribution in [-0.2, 0) is 16.2 Å². The van der Waals surface area contributed by atoms with Crippen LogP contribution in [0.1, 0.15) is 12.0 Å². The van der Waals surface area contributed by atoms with Crippen molar-refractivity contribution in [2.75, 3.05) is 10.2 Å². The first-order chi connectivity index (χ1) is 17.5. The fourth-order valence-corrected chi connectivity index (χ4v) is 5.60. The topological polar surface area (TPSA) is 102 Å². The number of amides is 2. The number of carbonyl (C=O) groups is 2. The molecule has 4 atom stereocenters. The molecule has 1 saturated heterocycles. The van der Waals surface area contributed by atoms with Gasteiger partial charge in [0.1, 0.15) is 18.0 Å². The van der Waals surface area contributed by atoms with E-state index < -0.39 is 4.92 Å². The van der Waals surface area contributed by atoms with Gasteiger partial charge in [-0.05, 0) is 60.2 Å². The fraction of sp³-hybridized carbons (Fsp3) is 0.214. The van der Waals surface area contributed by atoms with Crippen molar-refractivity contribution in [3.8, 4) is 5.75 Å². The first kappa shape index (κ1) is 22.0. The second-order valence-electron chi connectivity index (χ2n) is 9.39. The van der Waals surface area contributed by atoms with E-state index in [0.717, 1.165) is 16.9 Å². The summed E-state index contributed by atoms with van der Waals surface area (Å²) in [5.74, 6) is -0.395. The van der Waals surface area contributed by atoms with E-state index >= 15 is 0 Å². The minimum atomic E-state index is -0.514. The molecule has 0 aromatic heterocycles. The maximum atomic E-state index is 13.1. The second kappa shape index (κ2) is 8.64. The van der Waals surface area contributed by atoms with E-state index in [1.54, 1.807) is 30.3 Å². The number of carbonyl (C=O) groups excluding carboxylic acids is 2.